The molecule has 6 heteroatoms. The highest BCUT2D eigenvalue weighted by atomic mass is 16.7. The van der Waals surface area contributed by atoms with E-state index < -0.39 is 0 Å². The molecule has 29 heavy (non-hydrogen) atoms. The summed E-state index contributed by atoms with van der Waals surface area (Å²) in [4.78, 5) is 16.9. The lowest BCUT2D eigenvalue weighted by atomic mass is 10.0. The van der Waals surface area contributed by atoms with Crippen LogP contribution in [0, 0.1) is 0 Å². The summed E-state index contributed by atoms with van der Waals surface area (Å²) < 4.78 is 10.7. The van der Waals surface area contributed by atoms with E-state index in [1.165, 1.54) is 16.3 Å². The van der Waals surface area contributed by atoms with Gasteiger partial charge >= 0.3 is 6.03 Å². The summed E-state index contributed by atoms with van der Waals surface area (Å²) in [5, 5.41) is 5.54. The predicted octanol–water partition coefficient (Wildman–Crippen LogP) is 3.92. The van der Waals surface area contributed by atoms with Crippen molar-refractivity contribution in [2.75, 3.05) is 38.3 Å². The van der Waals surface area contributed by atoms with E-state index in [9.17, 15) is 4.79 Å². The molecule has 2 heterocycles. The molecule has 1 saturated heterocycles. The van der Waals surface area contributed by atoms with Crippen molar-refractivity contribution in [3.8, 4) is 11.5 Å². The van der Waals surface area contributed by atoms with Crippen LogP contribution in [-0.4, -0.2) is 48.8 Å². The molecule has 0 atom stereocenters. The molecule has 5 rings (SSSR count). The summed E-state index contributed by atoms with van der Waals surface area (Å²) in [7, 11) is 0. The number of anilines is 1. The van der Waals surface area contributed by atoms with Gasteiger partial charge in [-0.1, -0.05) is 42.5 Å². The van der Waals surface area contributed by atoms with Crippen LogP contribution in [0.15, 0.2) is 60.7 Å². The van der Waals surface area contributed by atoms with E-state index in [1.807, 2.05) is 17.0 Å². The number of ether oxygens (including phenoxy) is 2. The first-order chi connectivity index (χ1) is 14.3. The largest absolute Gasteiger partial charge is 0.454 e. The minimum atomic E-state index is -0.0753. The number of carbonyl (C=O) groups excluding carboxylic acids is 1. The average molecular weight is 389 g/mol. The van der Waals surface area contributed by atoms with Gasteiger partial charge in [0.2, 0.25) is 6.79 Å². The average Bonchev–Trinajstić information content (AvgIpc) is 3.22. The standard InChI is InChI=1S/C23H23N3O3/c27-23(24-19-8-9-21-22(14-19)29-16-28-21)26-12-10-25(11-13-26)15-18-6-3-5-17-4-1-2-7-20(17)18/h1-9,14H,10-13,15-16H2,(H,24,27). The van der Waals surface area contributed by atoms with Crippen LogP contribution in [0.5, 0.6) is 11.5 Å². The lowest BCUT2D eigenvalue weighted by Gasteiger charge is -2.34. The summed E-state index contributed by atoms with van der Waals surface area (Å²) in [5.41, 5.74) is 2.05. The third-order valence-electron chi connectivity index (χ3n) is 5.56. The molecule has 0 bridgehead atoms. The van der Waals surface area contributed by atoms with Crippen molar-refractivity contribution in [2.45, 2.75) is 6.54 Å². The van der Waals surface area contributed by atoms with Crippen LogP contribution in [0.2, 0.25) is 0 Å². The number of carbonyl (C=O) groups is 1. The van der Waals surface area contributed by atoms with Crippen molar-refractivity contribution in [1.29, 1.82) is 0 Å². The molecule has 6 nitrogen and oxygen atoms in total. The molecule has 0 aliphatic carbocycles. The van der Waals surface area contributed by atoms with Crippen molar-refractivity contribution >= 4 is 22.5 Å². The predicted molar refractivity (Wildman–Crippen MR) is 112 cm³/mol. The van der Waals surface area contributed by atoms with E-state index in [4.69, 9.17) is 9.47 Å². The van der Waals surface area contributed by atoms with Crippen LogP contribution in [0.25, 0.3) is 10.8 Å². The van der Waals surface area contributed by atoms with Gasteiger partial charge in [-0.25, -0.2) is 4.79 Å². The maximum absolute atomic E-state index is 12.6. The number of piperazine rings is 1. The first-order valence-electron chi connectivity index (χ1n) is 9.91. The Kier molecular flexibility index (Phi) is 4.69. The summed E-state index contributed by atoms with van der Waals surface area (Å²) in [6, 6.07) is 20.3. The van der Waals surface area contributed by atoms with E-state index >= 15 is 0 Å². The summed E-state index contributed by atoms with van der Waals surface area (Å²) >= 11 is 0. The summed E-state index contributed by atoms with van der Waals surface area (Å²) in [6.07, 6.45) is 0. The van der Waals surface area contributed by atoms with Crippen molar-refractivity contribution in [1.82, 2.24) is 9.80 Å². The van der Waals surface area contributed by atoms with Gasteiger partial charge < -0.3 is 19.7 Å². The SMILES string of the molecule is O=C(Nc1ccc2c(c1)OCO2)N1CCN(Cc2cccc3ccccc23)CC1. The minimum absolute atomic E-state index is 0.0753. The minimum Gasteiger partial charge on any atom is -0.454 e. The highest BCUT2D eigenvalue weighted by molar-refractivity contribution is 5.90. The smallest absolute Gasteiger partial charge is 0.321 e. The Labute approximate surface area is 169 Å². The number of nitrogens with zero attached hydrogens (tertiary/aromatic N) is 2. The van der Waals surface area contributed by atoms with Gasteiger partial charge in [0.05, 0.1) is 0 Å². The van der Waals surface area contributed by atoms with Crippen molar-refractivity contribution in [2.24, 2.45) is 0 Å². The lowest BCUT2D eigenvalue weighted by molar-refractivity contribution is 0.143. The molecular weight excluding hydrogens is 366 g/mol. The van der Waals surface area contributed by atoms with E-state index in [0.717, 1.165) is 25.3 Å². The van der Waals surface area contributed by atoms with Crippen LogP contribution in [0.1, 0.15) is 5.56 Å². The number of hydrogen-bond acceptors (Lipinski definition) is 4. The maximum atomic E-state index is 12.6. The number of benzene rings is 3. The Morgan fingerprint density at radius 3 is 2.59 bits per heavy atom. The van der Waals surface area contributed by atoms with E-state index in [0.29, 0.717) is 24.6 Å². The van der Waals surface area contributed by atoms with Crippen LogP contribution >= 0.6 is 0 Å². The molecule has 1 fully saturated rings. The van der Waals surface area contributed by atoms with Gasteiger partial charge in [0, 0.05) is 44.5 Å². The summed E-state index contributed by atoms with van der Waals surface area (Å²) in [5.74, 6) is 1.38. The lowest BCUT2D eigenvalue weighted by Crippen LogP contribution is -2.49. The first-order valence-corrected chi connectivity index (χ1v) is 9.91. The molecule has 2 amide bonds. The van der Waals surface area contributed by atoms with Gasteiger partial charge in [0.15, 0.2) is 11.5 Å². The second-order valence-electron chi connectivity index (χ2n) is 7.40. The van der Waals surface area contributed by atoms with Gasteiger partial charge in [-0.2, -0.15) is 0 Å². The Balaban J connectivity index is 1.18. The van der Waals surface area contributed by atoms with Crippen LogP contribution in [-0.2, 0) is 6.54 Å². The molecule has 3 aromatic carbocycles. The first kappa shape index (κ1) is 17.8. The monoisotopic (exact) mass is 389 g/mol. The van der Waals surface area contributed by atoms with Crippen LogP contribution < -0.4 is 14.8 Å². The molecule has 1 N–H and O–H groups in total. The van der Waals surface area contributed by atoms with Gasteiger partial charge in [0.25, 0.3) is 0 Å². The highest BCUT2D eigenvalue weighted by Gasteiger charge is 2.22. The fraction of sp³-hybridized carbons (Fsp3) is 0.261. The molecule has 0 unspecified atom stereocenters. The fourth-order valence-electron chi connectivity index (χ4n) is 3.96. The Bertz CT molecular complexity index is 1040. The highest BCUT2D eigenvalue weighted by Crippen LogP contribution is 2.34. The Morgan fingerprint density at radius 1 is 0.897 bits per heavy atom. The number of urea groups is 1. The van der Waals surface area contributed by atoms with Crippen molar-refractivity contribution in [3.05, 3.63) is 66.2 Å². The second-order valence-corrected chi connectivity index (χ2v) is 7.40. The van der Waals surface area contributed by atoms with Crippen LogP contribution in [0.3, 0.4) is 0 Å². The molecule has 0 aromatic heterocycles. The zero-order valence-corrected chi connectivity index (χ0v) is 16.1. The maximum Gasteiger partial charge on any atom is 0.321 e. The van der Waals surface area contributed by atoms with Gasteiger partial charge in [-0.3, -0.25) is 4.90 Å². The Morgan fingerprint density at radius 2 is 1.69 bits per heavy atom. The number of nitrogens with one attached hydrogen (secondary N) is 1. The molecule has 148 valence electrons. The normalized spacial score (nSPS) is 16.2. The van der Waals surface area contributed by atoms with Crippen molar-refractivity contribution in [3.63, 3.8) is 0 Å². The molecule has 0 spiro atoms. The fourth-order valence-corrected chi connectivity index (χ4v) is 3.96. The quantitative estimate of drug-likeness (QED) is 0.738. The van der Waals surface area contributed by atoms with E-state index in [1.54, 1.807) is 6.07 Å². The number of amides is 2. The van der Waals surface area contributed by atoms with Crippen LogP contribution in [0.4, 0.5) is 10.5 Å². The van der Waals surface area contributed by atoms with Gasteiger partial charge in [-0.15, -0.1) is 0 Å². The van der Waals surface area contributed by atoms with Crippen molar-refractivity contribution < 1.29 is 14.3 Å². The zero-order chi connectivity index (χ0) is 19.6. The van der Waals surface area contributed by atoms with Gasteiger partial charge in [0.1, 0.15) is 0 Å². The van der Waals surface area contributed by atoms with Gasteiger partial charge in [-0.05, 0) is 28.5 Å². The number of fused-ring (bicyclic) bond motifs is 2. The molecular formula is C23H23N3O3. The Hall–Kier alpha value is -3.25. The molecule has 0 radical (unpaired) electrons. The topological polar surface area (TPSA) is 54.0 Å². The molecule has 2 aliphatic heterocycles. The molecule has 3 aromatic rings. The summed E-state index contributed by atoms with van der Waals surface area (Å²) in [6.45, 7) is 4.27. The third kappa shape index (κ3) is 3.71. The third-order valence-corrected chi connectivity index (χ3v) is 5.56. The number of hydrogen-bond donors (Lipinski definition) is 1. The van der Waals surface area contributed by atoms with E-state index in [-0.39, 0.29) is 12.8 Å². The zero-order valence-electron chi connectivity index (χ0n) is 16.1. The van der Waals surface area contributed by atoms with E-state index in [2.05, 4.69) is 52.7 Å². The molecule has 2 aliphatic rings. The second kappa shape index (κ2) is 7.64. The number of rotatable bonds is 3. The molecule has 0 saturated carbocycles.